The van der Waals surface area contributed by atoms with Crippen LogP contribution in [0.5, 0.6) is 0 Å². The Morgan fingerprint density at radius 2 is 2.18 bits per heavy atom. The molecule has 0 aliphatic rings. The molecule has 0 bridgehead atoms. The Kier molecular flexibility index (Phi) is 5.84. The Bertz CT molecular complexity index is 381. The summed E-state index contributed by atoms with van der Waals surface area (Å²) in [5.74, 6) is 2.35. The van der Waals surface area contributed by atoms with Crippen LogP contribution in [-0.4, -0.2) is 25.2 Å². The van der Waals surface area contributed by atoms with Crippen LogP contribution in [0.25, 0.3) is 0 Å². The minimum Gasteiger partial charge on any atom is -0.465 e. The normalized spacial score (nSPS) is 11.5. The third-order valence-corrected chi connectivity index (χ3v) is 2.28. The smallest absolute Gasteiger partial charge is 0.319 e. The third-order valence-electron chi connectivity index (χ3n) is 2.28. The van der Waals surface area contributed by atoms with Crippen molar-refractivity contribution in [3.63, 3.8) is 0 Å². The Hall–Kier alpha value is -1.79. The molecule has 1 unspecified atom stereocenters. The van der Waals surface area contributed by atoms with Gasteiger partial charge in [-0.2, -0.15) is 0 Å². The monoisotopic (exact) mass is 231 g/mol. The molecule has 0 aliphatic heterocycles. The molecule has 1 rings (SSSR count). The number of terminal acetylenes is 1. The van der Waals surface area contributed by atoms with Crippen LogP contribution >= 0.6 is 0 Å². The lowest BCUT2D eigenvalue weighted by Crippen LogP contribution is -2.35. The average Bonchev–Trinajstić information content (AvgIpc) is 2.36. The fourth-order valence-electron chi connectivity index (χ4n) is 1.46. The van der Waals surface area contributed by atoms with Gasteiger partial charge in [0.2, 0.25) is 0 Å². The molecule has 3 nitrogen and oxygen atoms in total. The van der Waals surface area contributed by atoms with Gasteiger partial charge in [-0.15, -0.1) is 6.42 Å². The molecule has 1 N–H and O–H groups in total. The maximum Gasteiger partial charge on any atom is 0.319 e. The molecule has 1 aromatic rings. The molecule has 0 amide bonds. The van der Waals surface area contributed by atoms with Crippen molar-refractivity contribution in [2.24, 2.45) is 0 Å². The standard InChI is InChI=1S/C14H17NO2/c1-3-13(15-11-14(16)17-4-2)10-12-8-6-5-7-9-12/h1,5-9,13,15H,4,10-11H2,2H3. The second kappa shape index (κ2) is 7.48. The van der Waals surface area contributed by atoms with Gasteiger partial charge in [-0.25, -0.2) is 0 Å². The number of carbonyl (C=O) groups is 1. The molecule has 0 radical (unpaired) electrons. The fourth-order valence-corrected chi connectivity index (χ4v) is 1.46. The first kappa shape index (κ1) is 13.3. The lowest BCUT2D eigenvalue weighted by atomic mass is 10.1. The molecule has 1 aromatic carbocycles. The molecule has 0 saturated carbocycles. The van der Waals surface area contributed by atoms with Crippen molar-refractivity contribution in [1.29, 1.82) is 0 Å². The molecule has 0 aliphatic carbocycles. The number of hydrogen-bond acceptors (Lipinski definition) is 3. The van der Waals surface area contributed by atoms with Crippen LogP contribution in [0.15, 0.2) is 30.3 Å². The largest absolute Gasteiger partial charge is 0.465 e. The molecule has 90 valence electrons. The van der Waals surface area contributed by atoms with Crippen LogP contribution in [0.2, 0.25) is 0 Å². The van der Waals surface area contributed by atoms with Crippen LogP contribution in [-0.2, 0) is 16.0 Å². The van der Waals surface area contributed by atoms with Gasteiger partial charge < -0.3 is 4.74 Å². The number of nitrogens with one attached hydrogen (secondary N) is 1. The average molecular weight is 231 g/mol. The van der Waals surface area contributed by atoms with Gasteiger partial charge in [0.15, 0.2) is 0 Å². The van der Waals surface area contributed by atoms with Crippen molar-refractivity contribution in [2.75, 3.05) is 13.2 Å². The number of carbonyl (C=O) groups excluding carboxylic acids is 1. The summed E-state index contributed by atoms with van der Waals surface area (Å²) in [7, 11) is 0. The van der Waals surface area contributed by atoms with Gasteiger partial charge in [-0.05, 0) is 18.9 Å². The van der Waals surface area contributed by atoms with E-state index in [1.165, 1.54) is 0 Å². The van der Waals surface area contributed by atoms with Gasteiger partial charge in [0, 0.05) is 0 Å². The summed E-state index contributed by atoms with van der Waals surface area (Å²) in [5, 5.41) is 2.99. The number of esters is 1. The molecule has 0 spiro atoms. The van der Waals surface area contributed by atoms with E-state index in [1.807, 2.05) is 30.3 Å². The lowest BCUT2D eigenvalue weighted by Gasteiger charge is -2.12. The Morgan fingerprint density at radius 3 is 2.76 bits per heavy atom. The number of rotatable bonds is 6. The number of benzene rings is 1. The van der Waals surface area contributed by atoms with Gasteiger partial charge in [0.25, 0.3) is 0 Å². The summed E-state index contributed by atoms with van der Waals surface area (Å²) in [4.78, 5) is 11.2. The van der Waals surface area contributed by atoms with Gasteiger partial charge in [-0.1, -0.05) is 36.3 Å². The van der Waals surface area contributed by atoms with Gasteiger partial charge in [-0.3, -0.25) is 10.1 Å². The van der Waals surface area contributed by atoms with Crippen LogP contribution in [0.4, 0.5) is 0 Å². The zero-order valence-electron chi connectivity index (χ0n) is 9.98. The van der Waals surface area contributed by atoms with Crippen molar-refractivity contribution in [2.45, 2.75) is 19.4 Å². The molecular weight excluding hydrogens is 214 g/mol. The Balaban J connectivity index is 2.40. The Morgan fingerprint density at radius 1 is 1.47 bits per heavy atom. The van der Waals surface area contributed by atoms with Gasteiger partial charge >= 0.3 is 5.97 Å². The van der Waals surface area contributed by atoms with Crippen molar-refractivity contribution in [3.05, 3.63) is 35.9 Å². The molecule has 0 aromatic heterocycles. The maximum atomic E-state index is 11.2. The van der Waals surface area contributed by atoms with E-state index in [9.17, 15) is 4.79 Å². The molecule has 17 heavy (non-hydrogen) atoms. The molecule has 1 atom stereocenters. The van der Waals surface area contributed by atoms with Gasteiger partial charge in [0.05, 0.1) is 19.2 Å². The predicted molar refractivity (Wildman–Crippen MR) is 67.4 cm³/mol. The summed E-state index contributed by atoms with van der Waals surface area (Å²) in [6, 6.07) is 9.76. The zero-order chi connectivity index (χ0) is 12.5. The summed E-state index contributed by atoms with van der Waals surface area (Å²) < 4.78 is 4.82. The Labute approximate surface area is 102 Å². The van der Waals surface area contributed by atoms with Crippen molar-refractivity contribution < 1.29 is 9.53 Å². The summed E-state index contributed by atoms with van der Waals surface area (Å²) in [6.07, 6.45) is 6.12. The van der Waals surface area contributed by atoms with E-state index >= 15 is 0 Å². The highest BCUT2D eigenvalue weighted by atomic mass is 16.5. The second-order valence-electron chi connectivity index (χ2n) is 3.59. The summed E-state index contributed by atoms with van der Waals surface area (Å²) in [6.45, 7) is 2.32. The van der Waals surface area contributed by atoms with Crippen LogP contribution in [0.1, 0.15) is 12.5 Å². The SMILES string of the molecule is C#CC(Cc1ccccc1)NCC(=O)OCC. The minimum atomic E-state index is -0.277. The van der Waals surface area contributed by atoms with E-state index in [2.05, 4.69) is 11.2 Å². The van der Waals surface area contributed by atoms with Crippen molar-refractivity contribution in [1.82, 2.24) is 5.32 Å². The van der Waals surface area contributed by atoms with Gasteiger partial charge in [0.1, 0.15) is 0 Å². The summed E-state index contributed by atoms with van der Waals surface area (Å²) >= 11 is 0. The maximum absolute atomic E-state index is 11.2. The number of ether oxygens (including phenoxy) is 1. The quantitative estimate of drug-likeness (QED) is 0.594. The van der Waals surface area contributed by atoms with E-state index in [-0.39, 0.29) is 18.6 Å². The lowest BCUT2D eigenvalue weighted by molar-refractivity contribution is -0.142. The first-order valence-electron chi connectivity index (χ1n) is 5.65. The second-order valence-corrected chi connectivity index (χ2v) is 3.59. The van der Waals surface area contributed by atoms with E-state index < -0.39 is 0 Å². The van der Waals surface area contributed by atoms with E-state index in [1.54, 1.807) is 6.92 Å². The highest BCUT2D eigenvalue weighted by Gasteiger charge is 2.08. The van der Waals surface area contributed by atoms with Crippen molar-refractivity contribution in [3.8, 4) is 12.3 Å². The van der Waals surface area contributed by atoms with E-state index in [4.69, 9.17) is 11.2 Å². The highest BCUT2D eigenvalue weighted by molar-refractivity contribution is 5.71. The predicted octanol–water partition coefficient (Wildman–Crippen LogP) is 1.38. The topological polar surface area (TPSA) is 38.3 Å². The minimum absolute atomic E-state index is 0.148. The first-order chi connectivity index (χ1) is 8.26. The number of hydrogen-bond donors (Lipinski definition) is 1. The fraction of sp³-hybridized carbons (Fsp3) is 0.357. The molecule has 3 heteroatoms. The van der Waals surface area contributed by atoms with Crippen LogP contribution in [0, 0.1) is 12.3 Å². The molecule has 0 fully saturated rings. The third kappa shape index (κ3) is 5.19. The van der Waals surface area contributed by atoms with E-state index in [0.29, 0.717) is 13.0 Å². The zero-order valence-corrected chi connectivity index (χ0v) is 9.98. The first-order valence-corrected chi connectivity index (χ1v) is 5.65. The van der Waals surface area contributed by atoms with E-state index in [0.717, 1.165) is 5.56 Å². The van der Waals surface area contributed by atoms with Crippen LogP contribution < -0.4 is 5.32 Å². The molecule has 0 heterocycles. The van der Waals surface area contributed by atoms with Crippen LogP contribution in [0.3, 0.4) is 0 Å². The summed E-state index contributed by atoms with van der Waals surface area (Å²) in [5.41, 5.74) is 1.15. The molecule has 0 saturated heterocycles. The van der Waals surface area contributed by atoms with Crippen molar-refractivity contribution >= 4 is 5.97 Å². The highest BCUT2D eigenvalue weighted by Crippen LogP contribution is 2.02. The molecular formula is C14H17NO2.